The number of nitrogens with one attached hydrogen (secondary N) is 4. The molecule has 0 unspecified atom stereocenters. The minimum Gasteiger partial charge on any atom is -0.494 e. The van der Waals surface area contributed by atoms with E-state index in [-0.39, 0.29) is 23.8 Å². The number of anilines is 2. The largest absolute Gasteiger partial charge is 0.494 e. The highest BCUT2D eigenvalue weighted by molar-refractivity contribution is 5.96. The highest BCUT2D eigenvalue weighted by atomic mass is 19.1. The van der Waals surface area contributed by atoms with Crippen molar-refractivity contribution in [2.75, 3.05) is 30.8 Å². The first-order valence-corrected chi connectivity index (χ1v) is 12.4. The van der Waals surface area contributed by atoms with Crippen molar-refractivity contribution in [3.05, 3.63) is 78.4 Å². The Hall–Kier alpha value is -4.93. The van der Waals surface area contributed by atoms with Crippen LogP contribution in [0.4, 0.5) is 25.4 Å². The minimum absolute atomic E-state index is 0.287. The second-order valence-corrected chi connectivity index (χ2v) is 8.52. The summed E-state index contributed by atoms with van der Waals surface area (Å²) >= 11 is 0. The Morgan fingerprint density at radius 1 is 0.923 bits per heavy atom. The maximum atomic E-state index is 13.3. The van der Waals surface area contributed by atoms with E-state index in [4.69, 9.17) is 9.47 Å². The molecule has 0 saturated heterocycles. The molecule has 0 aliphatic rings. The molecule has 3 aromatic carbocycles. The lowest BCUT2D eigenvalue weighted by Gasteiger charge is -2.14. The van der Waals surface area contributed by atoms with Crippen molar-refractivity contribution in [1.82, 2.24) is 20.6 Å². The molecule has 0 fully saturated rings. The lowest BCUT2D eigenvalue weighted by molar-refractivity contribution is 0.251. The van der Waals surface area contributed by atoms with E-state index in [9.17, 15) is 14.0 Å². The molecule has 39 heavy (non-hydrogen) atoms. The average molecular weight is 533 g/mol. The molecular formula is C28H29FN6O4. The van der Waals surface area contributed by atoms with E-state index < -0.39 is 0 Å². The highest BCUT2D eigenvalue weighted by Crippen LogP contribution is 2.34. The van der Waals surface area contributed by atoms with E-state index in [0.717, 1.165) is 12.0 Å². The molecule has 0 aliphatic carbocycles. The van der Waals surface area contributed by atoms with Crippen molar-refractivity contribution in [2.24, 2.45) is 0 Å². The zero-order valence-electron chi connectivity index (χ0n) is 21.6. The van der Waals surface area contributed by atoms with Crippen LogP contribution in [0.5, 0.6) is 17.4 Å². The Kier molecular flexibility index (Phi) is 9.07. The molecule has 202 valence electrons. The molecule has 11 heteroatoms. The van der Waals surface area contributed by atoms with Gasteiger partial charge in [0.2, 0.25) is 5.88 Å². The van der Waals surface area contributed by atoms with Gasteiger partial charge in [-0.2, -0.15) is 0 Å². The van der Waals surface area contributed by atoms with Gasteiger partial charge in [0.15, 0.2) is 0 Å². The third-order valence-electron chi connectivity index (χ3n) is 5.62. The second-order valence-electron chi connectivity index (χ2n) is 8.52. The lowest BCUT2D eigenvalue weighted by Crippen LogP contribution is -2.30. The number of hydrogen-bond donors (Lipinski definition) is 4. The van der Waals surface area contributed by atoms with Crippen LogP contribution < -0.4 is 30.7 Å². The lowest BCUT2D eigenvalue weighted by atomic mass is 10.1. The maximum absolute atomic E-state index is 13.3. The molecule has 1 heterocycles. The van der Waals surface area contributed by atoms with Crippen molar-refractivity contribution in [3.63, 3.8) is 0 Å². The number of amides is 4. The van der Waals surface area contributed by atoms with E-state index in [1.165, 1.54) is 25.6 Å². The normalized spacial score (nSPS) is 10.5. The van der Waals surface area contributed by atoms with E-state index >= 15 is 0 Å². The van der Waals surface area contributed by atoms with Crippen molar-refractivity contribution in [3.8, 4) is 17.4 Å². The Bertz CT molecular complexity index is 1450. The van der Waals surface area contributed by atoms with Crippen LogP contribution in [0.2, 0.25) is 0 Å². The van der Waals surface area contributed by atoms with Gasteiger partial charge in [0, 0.05) is 24.8 Å². The summed E-state index contributed by atoms with van der Waals surface area (Å²) in [5, 5.41) is 11.6. The van der Waals surface area contributed by atoms with Crippen LogP contribution in [0.3, 0.4) is 0 Å². The molecular weight excluding hydrogens is 503 g/mol. The van der Waals surface area contributed by atoms with Crippen LogP contribution in [0, 0.1) is 5.82 Å². The second kappa shape index (κ2) is 13.0. The maximum Gasteiger partial charge on any atom is 0.319 e. The van der Waals surface area contributed by atoms with Crippen LogP contribution in [0.15, 0.2) is 67.0 Å². The van der Waals surface area contributed by atoms with Gasteiger partial charge in [0.1, 0.15) is 23.6 Å². The number of nitrogens with zero attached hydrogens (tertiary/aromatic N) is 2. The van der Waals surface area contributed by atoms with Crippen LogP contribution in [-0.4, -0.2) is 42.2 Å². The van der Waals surface area contributed by atoms with Gasteiger partial charge in [0.05, 0.1) is 23.7 Å². The fourth-order valence-electron chi connectivity index (χ4n) is 3.72. The number of rotatable bonds is 10. The molecule has 1 aromatic heterocycles. The first kappa shape index (κ1) is 27.1. The summed E-state index contributed by atoms with van der Waals surface area (Å²) in [6, 6.07) is 15.7. The number of halogens is 1. The molecule has 10 nitrogen and oxygen atoms in total. The Balaban J connectivity index is 1.40. The summed E-state index contributed by atoms with van der Waals surface area (Å²) in [6.45, 7) is 2.87. The van der Waals surface area contributed by atoms with Crippen LogP contribution in [0.25, 0.3) is 10.9 Å². The predicted molar refractivity (Wildman–Crippen MR) is 147 cm³/mol. The van der Waals surface area contributed by atoms with Gasteiger partial charge in [-0.15, -0.1) is 0 Å². The fourth-order valence-corrected chi connectivity index (χ4v) is 3.72. The van der Waals surface area contributed by atoms with Gasteiger partial charge < -0.3 is 30.7 Å². The summed E-state index contributed by atoms with van der Waals surface area (Å²) in [4.78, 5) is 33.0. The third kappa shape index (κ3) is 7.54. The van der Waals surface area contributed by atoms with Gasteiger partial charge in [-0.1, -0.05) is 19.1 Å². The topological polar surface area (TPSA) is 127 Å². The van der Waals surface area contributed by atoms with Crippen LogP contribution >= 0.6 is 0 Å². The number of hydrogen-bond acceptors (Lipinski definition) is 6. The zero-order valence-corrected chi connectivity index (χ0v) is 21.6. The van der Waals surface area contributed by atoms with Crippen molar-refractivity contribution >= 4 is 34.3 Å². The smallest absolute Gasteiger partial charge is 0.319 e. The molecule has 4 amide bonds. The van der Waals surface area contributed by atoms with E-state index in [2.05, 4.69) is 31.2 Å². The average Bonchev–Trinajstić information content (AvgIpc) is 2.93. The number of urea groups is 2. The van der Waals surface area contributed by atoms with Gasteiger partial charge in [0.25, 0.3) is 0 Å². The first-order chi connectivity index (χ1) is 18.9. The Morgan fingerprint density at radius 2 is 1.69 bits per heavy atom. The van der Waals surface area contributed by atoms with Crippen LogP contribution in [0.1, 0.15) is 18.9 Å². The van der Waals surface area contributed by atoms with Gasteiger partial charge in [-0.25, -0.2) is 23.9 Å². The van der Waals surface area contributed by atoms with Crippen molar-refractivity contribution < 1.29 is 23.5 Å². The Morgan fingerprint density at radius 3 is 2.44 bits per heavy atom. The SMILES string of the molecule is CCCNC(=O)Nc1cc2c(Oc3ccc(NC(=O)NCCc4cccc(F)c4)cc3)ncnc2cc1OC. The van der Waals surface area contributed by atoms with Crippen molar-refractivity contribution in [2.45, 2.75) is 19.8 Å². The number of carbonyl (C=O) groups excluding carboxylic acids is 2. The number of ether oxygens (including phenoxy) is 2. The van der Waals surface area contributed by atoms with Gasteiger partial charge in [-0.3, -0.25) is 0 Å². The number of methoxy groups -OCH3 is 1. The summed E-state index contributed by atoms with van der Waals surface area (Å²) in [5.41, 5.74) is 2.38. The number of carbonyl (C=O) groups is 2. The summed E-state index contributed by atoms with van der Waals surface area (Å²) in [7, 11) is 1.51. The van der Waals surface area contributed by atoms with Gasteiger partial charge >= 0.3 is 12.1 Å². The molecule has 4 aromatic rings. The summed E-state index contributed by atoms with van der Waals surface area (Å²) in [6.07, 6.45) is 2.70. The minimum atomic E-state index is -0.376. The molecule has 0 spiro atoms. The molecule has 0 bridgehead atoms. The Labute approximate surface area is 225 Å². The third-order valence-corrected chi connectivity index (χ3v) is 5.62. The number of benzene rings is 3. The zero-order chi connectivity index (χ0) is 27.6. The monoisotopic (exact) mass is 532 g/mol. The molecule has 0 atom stereocenters. The first-order valence-electron chi connectivity index (χ1n) is 12.4. The van der Waals surface area contributed by atoms with Gasteiger partial charge in [-0.05, 0) is 60.9 Å². The van der Waals surface area contributed by atoms with Crippen LogP contribution in [-0.2, 0) is 6.42 Å². The quantitative estimate of drug-likeness (QED) is 0.215. The highest BCUT2D eigenvalue weighted by Gasteiger charge is 2.14. The fraction of sp³-hybridized carbons (Fsp3) is 0.214. The molecule has 0 aliphatic heterocycles. The molecule has 4 rings (SSSR count). The molecule has 0 saturated carbocycles. The van der Waals surface area contributed by atoms with E-state index in [1.807, 2.05) is 6.92 Å². The molecule has 0 radical (unpaired) electrons. The van der Waals surface area contributed by atoms with E-state index in [1.54, 1.807) is 48.5 Å². The standard InChI is InChI=1S/C28H29FN6O4/c1-3-12-30-28(37)35-24-15-22-23(16-25(24)38-2)32-17-33-26(22)39-21-9-7-20(8-10-21)34-27(36)31-13-11-18-5-4-6-19(29)14-18/h4-10,14-17H,3,11-13H2,1-2H3,(H2,30,35,37)(H2,31,34,36). The number of aromatic nitrogens is 2. The number of fused-ring (bicyclic) bond motifs is 1. The summed E-state index contributed by atoms with van der Waals surface area (Å²) in [5.74, 6) is 0.915. The van der Waals surface area contributed by atoms with E-state index in [0.29, 0.717) is 53.3 Å². The molecule has 4 N–H and O–H groups in total. The predicted octanol–water partition coefficient (Wildman–Crippen LogP) is 5.47. The van der Waals surface area contributed by atoms with Crippen molar-refractivity contribution in [1.29, 1.82) is 0 Å². The summed E-state index contributed by atoms with van der Waals surface area (Å²) < 4.78 is 24.7.